The van der Waals surface area contributed by atoms with Gasteiger partial charge in [0.1, 0.15) is 0 Å². The molecule has 3 rings (SSSR count). The number of piperazine rings is 1. The number of hydrogen-bond donors (Lipinski definition) is 2. The highest BCUT2D eigenvalue weighted by Gasteiger charge is 2.18. The van der Waals surface area contributed by atoms with Gasteiger partial charge in [-0.3, -0.25) is 9.80 Å². The molecule has 0 spiro atoms. The molecule has 2 aromatic rings. The largest absolute Gasteiger partial charge is 0.473 e. The zero-order valence-corrected chi connectivity index (χ0v) is 17.6. The maximum absolute atomic E-state index is 9.10. The summed E-state index contributed by atoms with van der Waals surface area (Å²) in [6, 6.07) is 16.6. The van der Waals surface area contributed by atoms with Gasteiger partial charge < -0.3 is 10.2 Å². The van der Waals surface area contributed by atoms with E-state index in [1.807, 2.05) is 12.1 Å². The van der Waals surface area contributed by atoms with Gasteiger partial charge >= 0.3 is 11.9 Å². The molecule has 1 aliphatic heterocycles. The van der Waals surface area contributed by atoms with Gasteiger partial charge in [0.25, 0.3) is 0 Å². The molecular formula is C20H22BrClN2O4. The van der Waals surface area contributed by atoms with Crippen molar-refractivity contribution in [3.05, 3.63) is 69.2 Å². The summed E-state index contributed by atoms with van der Waals surface area (Å²) in [5.74, 6) is -3.65. The van der Waals surface area contributed by atoms with E-state index in [-0.39, 0.29) is 0 Å². The van der Waals surface area contributed by atoms with Gasteiger partial charge in [0.05, 0.1) is 0 Å². The summed E-state index contributed by atoms with van der Waals surface area (Å²) in [5.41, 5.74) is 2.59. The average molecular weight is 470 g/mol. The third-order valence-corrected chi connectivity index (χ3v) is 5.49. The number of carbonyl (C=O) groups is 2. The molecule has 6 nitrogen and oxygen atoms in total. The van der Waals surface area contributed by atoms with Gasteiger partial charge in [0, 0.05) is 48.8 Å². The number of rotatable bonds is 4. The Hall–Kier alpha value is -1.93. The number of carboxylic acid groups (broad SMARTS) is 2. The van der Waals surface area contributed by atoms with Crippen LogP contribution < -0.4 is 0 Å². The van der Waals surface area contributed by atoms with Crippen LogP contribution in [-0.4, -0.2) is 58.1 Å². The molecule has 0 radical (unpaired) electrons. The second-order valence-corrected chi connectivity index (χ2v) is 7.61. The van der Waals surface area contributed by atoms with Crippen LogP contribution in [0.5, 0.6) is 0 Å². The van der Waals surface area contributed by atoms with Crippen LogP contribution in [-0.2, 0) is 22.7 Å². The first-order chi connectivity index (χ1) is 13.4. The molecule has 0 unspecified atom stereocenters. The van der Waals surface area contributed by atoms with Gasteiger partial charge in [-0.15, -0.1) is 0 Å². The fraction of sp³-hybridized carbons (Fsp3) is 0.300. The fourth-order valence-electron chi connectivity index (χ4n) is 2.84. The van der Waals surface area contributed by atoms with E-state index >= 15 is 0 Å². The molecule has 28 heavy (non-hydrogen) atoms. The first-order valence-corrected chi connectivity index (χ1v) is 9.91. The van der Waals surface area contributed by atoms with Crippen molar-refractivity contribution in [1.29, 1.82) is 0 Å². The van der Waals surface area contributed by atoms with E-state index in [0.29, 0.717) is 0 Å². The Balaban J connectivity index is 0.000000409. The van der Waals surface area contributed by atoms with E-state index in [4.69, 9.17) is 31.4 Å². The predicted octanol–water partition coefficient (Wildman–Crippen LogP) is 3.58. The Kier molecular flexibility index (Phi) is 8.92. The smallest absolute Gasteiger partial charge is 0.414 e. The summed E-state index contributed by atoms with van der Waals surface area (Å²) >= 11 is 9.89. The molecule has 0 aromatic heterocycles. The minimum absolute atomic E-state index is 0.873. The Labute approximate surface area is 177 Å². The SMILES string of the molecule is Clc1ccccc1CN1CCN(Cc2ccccc2Br)CC1.O=C(O)C(=O)O. The van der Waals surface area contributed by atoms with Gasteiger partial charge in [-0.2, -0.15) is 0 Å². The third-order valence-electron chi connectivity index (χ3n) is 4.35. The molecule has 0 amide bonds. The molecule has 1 saturated heterocycles. The lowest BCUT2D eigenvalue weighted by Gasteiger charge is -2.35. The predicted molar refractivity (Wildman–Crippen MR) is 111 cm³/mol. The van der Waals surface area contributed by atoms with Crippen molar-refractivity contribution in [2.75, 3.05) is 26.2 Å². The maximum atomic E-state index is 9.10. The summed E-state index contributed by atoms with van der Waals surface area (Å²) in [6.07, 6.45) is 0. The summed E-state index contributed by atoms with van der Waals surface area (Å²) in [4.78, 5) is 23.2. The number of aliphatic carboxylic acids is 2. The van der Waals surface area contributed by atoms with Gasteiger partial charge in [-0.25, -0.2) is 9.59 Å². The number of nitrogens with zero attached hydrogens (tertiary/aromatic N) is 2. The van der Waals surface area contributed by atoms with Crippen molar-refractivity contribution >= 4 is 39.5 Å². The van der Waals surface area contributed by atoms with E-state index in [9.17, 15) is 0 Å². The quantitative estimate of drug-likeness (QED) is 0.666. The summed E-state index contributed by atoms with van der Waals surface area (Å²) in [7, 11) is 0. The molecule has 8 heteroatoms. The van der Waals surface area contributed by atoms with Crippen LogP contribution in [0.3, 0.4) is 0 Å². The van der Waals surface area contributed by atoms with Gasteiger partial charge in [0.2, 0.25) is 0 Å². The van der Waals surface area contributed by atoms with Crippen LogP contribution in [0.15, 0.2) is 53.0 Å². The lowest BCUT2D eigenvalue weighted by Crippen LogP contribution is -2.45. The van der Waals surface area contributed by atoms with Gasteiger partial charge in [-0.05, 0) is 23.3 Å². The molecule has 2 N–H and O–H groups in total. The van der Waals surface area contributed by atoms with E-state index in [0.717, 1.165) is 44.3 Å². The summed E-state index contributed by atoms with van der Waals surface area (Å²) in [5, 5.41) is 15.7. The van der Waals surface area contributed by atoms with E-state index in [1.165, 1.54) is 15.6 Å². The monoisotopic (exact) mass is 468 g/mol. The first-order valence-electron chi connectivity index (χ1n) is 8.74. The fourth-order valence-corrected chi connectivity index (χ4v) is 3.45. The standard InChI is InChI=1S/C18H20BrClN2.C2H2O4/c19-17-7-3-1-5-15(17)13-21-9-11-22(12-10-21)14-16-6-2-4-8-18(16)20;3-1(4)2(5)6/h1-8H,9-14H2;(H,3,4)(H,5,6). The highest BCUT2D eigenvalue weighted by atomic mass is 79.9. The highest BCUT2D eigenvalue weighted by molar-refractivity contribution is 9.10. The van der Waals surface area contributed by atoms with E-state index in [1.54, 1.807) is 0 Å². The molecule has 2 aromatic carbocycles. The molecular weight excluding hydrogens is 448 g/mol. The lowest BCUT2D eigenvalue weighted by molar-refractivity contribution is -0.159. The van der Waals surface area contributed by atoms with E-state index in [2.05, 4.69) is 62.1 Å². The number of benzene rings is 2. The molecule has 0 aliphatic carbocycles. The van der Waals surface area contributed by atoms with Crippen LogP contribution in [0.4, 0.5) is 0 Å². The van der Waals surface area contributed by atoms with Crippen LogP contribution in [0.25, 0.3) is 0 Å². The van der Waals surface area contributed by atoms with Crippen molar-refractivity contribution < 1.29 is 19.8 Å². The first kappa shape index (κ1) is 22.4. The highest BCUT2D eigenvalue weighted by Crippen LogP contribution is 2.20. The van der Waals surface area contributed by atoms with Gasteiger partial charge in [0.15, 0.2) is 0 Å². The minimum atomic E-state index is -1.82. The summed E-state index contributed by atoms with van der Waals surface area (Å²) < 4.78 is 1.20. The Bertz CT molecular complexity index is 743. The van der Waals surface area contributed by atoms with Crippen LogP contribution in [0, 0.1) is 0 Å². The lowest BCUT2D eigenvalue weighted by atomic mass is 10.1. The number of carboxylic acids is 2. The Morgan fingerprint density at radius 1 is 0.821 bits per heavy atom. The topological polar surface area (TPSA) is 81.1 Å². The molecule has 150 valence electrons. The molecule has 1 aliphatic rings. The van der Waals surface area contributed by atoms with Crippen molar-refractivity contribution in [2.24, 2.45) is 0 Å². The van der Waals surface area contributed by atoms with Gasteiger partial charge in [-0.1, -0.05) is 63.9 Å². The minimum Gasteiger partial charge on any atom is -0.473 e. The number of halogens is 2. The van der Waals surface area contributed by atoms with Crippen LogP contribution >= 0.6 is 27.5 Å². The zero-order chi connectivity index (χ0) is 20.5. The second-order valence-electron chi connectivity index (χ2n) is 6.35. The molecule has 0 saturated carbocycles. The normalized spacial score (nSPS) is 14.8. The van der Waals surface area contributed by atoms with Crippen molar-refractivity contribution in [3.8, 4) is 0 Å². The van der Waals surface area contributed by atoms with Crippen LogP contribution in [0.1, 0.15) is 11.1 Å². The average Bonchev–Trinajstić information content (AvgIpc) is 2.67. The van der Waals surface area contributed by atoms with Crippen molar-refractivity contribution in [2.45, 2.75) is 13.1 Å². The maximum Gasteiger partial charge on any atom is 0.414 e. The number of hydrogen-bond acceptors (Lipinski definition) is 4. The molecule has 0 atom stereocenters. The Morgan fingerprint density at radius 3 is 1.71 bits per heavy atom. The second kappa shape index (κ2) is 11.2. The van der Waals surface area contributed by atoms with E-state index < -0.39 is 11.9 Å². The van der Waals surface area contributed by atoms with Crippen molar-refractivity contribution in [3.63, 3.8) is 0 Å². The molecule has 1 heterocycles. The zero-order valence-electron chi connectivity index (χ0n) is 15.2. The molecule has 0 bridgehead atoms. The Morgan fingerprint density at radius 2 is 1.25 bits per heavy atom. The third kappa shape index (κ3) is 7.24. The van der Waals surface area contributed by atoms with Crippen LogP contribution in [0.2, 0.25) is 5.02 Å². The van der Waals surface area contributed by atoms with Crippen molar-refractivity contribution in [1.82, 2.24) is 9.80 Å². The molecule has 1 fully saturated rings. The summed E-state index contributed by atoms with van der Waals surface area (Å²) in [6.45, 7) is 6.35.